The summed E-state index contributed by atoms with van der Waals surface area (Å²) in [6.45, 7) is 7.36. The Morgan fingerprint density at radius 1 is 0.826 bits per heavy atom. The molecule has 2 aromatic carbocycles. The Labute approximate surface area is 143 Å². The minimum absolute atomic E-state index is 0.280. The topological polar surface area (TPSA) is 0 Å². The molecule has 23 heavy (non-hydrogen) atoms. The summed E-state index contributed by atoms with van der Waals surface area (Å²) in [6.07, 6.45) is 4.21. The van der Waals surface area contributed by atoms with E-state index in [-0.39, 0.29) is 7.92 Å². The van der Waals surface area contributed by atoms with E-state index in [0.29, 0.717) is 0 Å². The monoisotopic (exact) mass is 324 g/mol. The highest BCUT2D eigenvalue weighted by molar-refractivity contribution is 7.73. The first kappa shape index (κ1) is 16.7. The SMILES string of the molecule is CC(C)C1CCCC(C)C1P(c1ccccc1)c1ccccc1. The third kappa shape index (κ3) is 3.69. The summed E-state index contributed by atoms with van der Waals surface area (Å²) in [5.41, 5.74) is 0.809. The van der Waals surface area contributed by atoms with Gasteiger partial charge in [-0.25, -0.2) is 0 Å². The predicted molar refractivity (Wildman–Crippen MR) is 104 cm³/mol. The average molecular weight is 324 g/mol. The Balaban J connectivity index is 2.06. The molecule has 0 aromatic heterocycles. The zero-order valence-electron chi connectivity index (χ0n) is 14.7. The van der Waals surface area contributed by atoms with Crippen molar-refractivity contribution < 1.29 is 0 Å². The summed E-state index contributed by atoms with van der Waals surface area (Å²) in [6, 6.07) is 22.6. The van der Waals surface area contributed by atoms with Gasteiger partial charge in [0, 0.05) is 0 Å². The maximum absolute atomic E-state index is 2.50. The summed E-state index contributed by atoms with van der Waals surface area (Å²) >= 11 is 0. The first-order chi connectivity index (χ1) is 11.2. The van der Waals surface area contributed by atoms with Crippen LogP contribution in [0.5, 0.6) is 0 Å². The summed E-state index contributed by atoms with van der Waals surface area (Å²) in [5, 5.41) is 3.11. The minimum atomic E-state index is -0.280. The fourth-order valence-electron chi connectivity index (χ4n) is 4.28. The Morgan fingerprint density at radius 3 is 1.83 bits per heavy atom. The Kier molecular flexibility index (Phi) is 5.54. The van der Waals surface area contributed by atoms with Crippen LogP contribution in [0.15, 0.2) is 60.7 Å². The van der Waals surface area contributed by atoms with E-state index in [0.717, 1.165) is 23.4 Å². The lowest BCUT2D eigenvalue weighted by atomic mass is 9.76. The van der Waals surface area contributed by atoms with Crippen molar-refractivity contribution in [1.82, 2.24) is 0 Å². The van der Waals surface area contributed by atoms with Crippen molar-refractivity contribution in [2.24, 2.45) is 17.8 Å². The van der Waals surface area contributed by atoms with Crippen LogP contribution in [-0.2, 0) is 0 Å². The van der Waals surface area contributed by atoms with Crippen molar-refractivity contribution in [2.45, 2.75) is 45.7 Å². The molecule has 0 nitrogen and oxygen atoms in total. The molecule has 0 N–H and O–H groups in total. The number of hydrogen-bond acceptors (Lipinski definition) is 0. The summed E-state index contributed by atoms with van der Waals surface area (Å²) in [5.74, 6) is 2.45. The van der Waals surface area contributed by atoms with Crippen LogP contribution in [-0.4, -0.2) is 5.66 Å². The summed E-state index contributed by atoms with van der Waals surface area (Å²) in [4.78, 5) is 0. The molecule has 2 aromatic rings. The number of benzene rings is 2. The number of rotatable bonds is 4. The molecule has 0 amide bonds. The lowest BCUT2D eigenvalue weighted by molar-refractivity contribution is 0.235. The summed E-state index contributed by atoms with van der Waals surface area (Å²) < 4.78 is 0. The highest BCUT2D eigenvalue weighted by atomic mass is 31.1. The van der Waals surface area contributed by atoms with Gasteiger partial charge in [-0.2, -0.15) is 0 Å². The van der Waals surface area contributed by atoms with E-state index in [1.165, 1.54) is 19.3 Å². The molecule has 0 spiro atoms. The molecule has 1 heteroatoms. The van der Waals surface area contributed by atoms with Gasteiger partial charge in [0.1, 0.15) is 0 Å². The van der Waals surface area contributed by atoms with Crippen LogP contribution in [0.25, 0.3) is 0 Å². The normalized spacial score (nSPS) is 25.0. The molecule has 0 heterocycles. The smallest absolute Gasteiger partial charge is 0.00723 e. The van der Waals surface area contributed by atoms with Gasteiger partial charge < -0.3 is 0 Å². The largest absolute Gasteiger partial charge is 0.0625 e. The van der Waals surface area contributed by atoms with Crippen LogP contribution in [0, 0.1) is 17.8 Å². The Hall–Kier alpha value is -1.13. The van der Waals surface area contributed by atoms with Crippen molar-refractivity contribution in [2.75, 3.05) is 0 Å². The van der Waals surface area contributed by atoms with Crippen LogP contribution in [0.2, 0.25) is 0 Å². The van der Waals surface area contributed by atoms with Crippen molar-refractivity contribution >= 4 is 18.5 Å². The molecular weight excluding hydrogens is 295 g/mol. The molecule has 1 saturated carbocycles. The van der Waals surface area contributed by atoms with Gasteiger partial charge in [0.2, 0.25) is 0 Å². The van der Waals surface area contributed by atoms with Gasteiger partial charge >= 0.3 is 0 Å². The first-order valence-electron chi connectivity index (χ1n) is 9.08. The number of hydrogen-bond donors (Lipinski definition) is 0. The van der Waals surface area contributed by atoms with E-state index in [4.69, 9.17) is 0 Å². The van der Waals surface area contributed by atoms with Crippen molar-refractivity contribution in [3.8, 4) is 0 Å². The Bertz CT molecular complexity index is 550. The third-order valence-electron chi connectivity index (χ3n) is 5.44. The molecule has 1 fully saturated rings. The van der Waals surface area contributed by atoms with Crippen molar-refractivity contribution in [3.05, 3.63) is 60.7 Å². The molecule has 3 rings (SSSR count). The molecular formula is C22H29P. The van der Waals surface area contributed by atoms with Gasteiger partial charge in [-0.3, -0.25) is 0 Å². The van der Waals surface area contributed by atoms with Gasteiger partial charge in [-0.1, -0.05) is 94.3 Å². The summed E-state index contributed by atoms with van der Waals surface area (Å²) in [7, 11) is -0.280. The van der Waals surface area contributed by atoms with Crippen LogP contribution >= 0.6 is 7.92 Å². The lowest BCUT2D eigenvalue weighted by Crippen LogP contribution is -2.38. The standard InChI is InChI=1S/C22H29P/c1-17(2)21-16-10-11-18(3)22(21)23(19-12-6-4-7-13-19)20-14-8-5-9-15-20/h4-9,12-15,17-18,21-22H,10-11,16H2,1-3H3. The molecule has 0 aliphatic heterocycles. The molecule has 0 radical (unpaired) electrons. The van der Waals surface area contributed by atoms with E-state index in [1.807, 2.05) is 0 Å². The highest BCUT2D eigenvalue weighted by Gasteiger charge is 2.38. The van der Waals surface area contributed by atoms with E-state index in [1.54, 1.807) is 10.6 Å². The second-order valence-electron chi connectivity index (χ2n) is 7.35. The molecule has 1 aliphatic rings. The zero-order chi connectivity index (χ0) is 16.2. The average Bonchev–Trinajstić information content (AvgIpc) is 2.58. The van der Waals surface area contributed by atoms with E-state index >= 15 is 0 Å². The predicted octanol–water partition coefficient (Wildman–Crippen LogP) is 5.58. The maximum atomic E-state index is 2.50. The van der Waals surface area contributed by atoms with Crippen molar-refractivity contribution in [1.29, 1.82) is 0 Å². The van der Waals surface area contributed by atoms with E-state index in [2.05, 4.69) is 81.4 Å². The molecule has 122 valence electrons. The second kappa shape index (κ2) is 7.63. The van der Waals surface area contributed by atoms with Crippen LogP contribution in [0.4, 0.5) is 0 Å². The van der Waals surface area contributed by atoms with Crippen LogP contribution < -0.4 is 10.6 Å². The first-order valence-corrected chi connectivity index (χ1v) is 10.5. The van der Waals surface area contributed by atoms with Crippen molar-refractivity contribution in [3.63, 3.8) is 0 Å². The second-order valence-corrected chi connectivity index (χ2v) is 9.72. The zero-order valence-corrected chi connectivity index (χ0v) is 15.5. The fourth-order valence-corrected chi connectivity index (χ4v) is 7.79. The minimum Gasteiger partial charge on any atom is -0.0625 e. The van der Waals surface area contributed by atoms with E-state index in [9.17, 15) is 0 Å². The molecule has 3 atom stereocenters. The highest BCUT2D eigenvalue weighted by Crippen LogP contribution is 2.52. The molecule has 0 bridgehead atoms. The molecule has 1 aliphatic carbocycles. The third-order valence-corrected chi connectivity index (χ3v) is 8.64. The van der Waals surface area contributed by atoms with Gasteiger partial charge in [-0.05, 0) is 48.4 Å². The Morgan fingerprint density at radius 2 is 1.35 bits per heavy atom. The van der Waals surface area contributed by atoms with Gasteiger partial charge in [0.05, 0.1) is 0 Å². The molecule has 0 saturated heterocycles. The van der Waals surface area contributed by atoms with Gasteiger partial charge in [0.25, 0.3) is 0 Å². The quantitative estimate of drug-likeness (QED) is 0.644. The molecule has 3 unspecified atom stereocenters. The van der Waals surface area contributed by atoms with Crippen LogP contribution in [0.3, 0.4) is 0 Å². The van der Waals surface area contributed by atoms with Crippen LogP contribution in [0.1, 0.15) is 40.0 Å². The fraction of sp³-hybridized carbons (Fsp3) is 0.455. The lowest BCUT2D eigenvalue weighted by Gasteiger charge is -2.44. The van der Waals surface area contributed by atoms with E-state index < -0.39 is 0 Å². The van der Waals surface area contributed by atoms with Gasteiger partial charge in [0.15, 0.2) is 0 Å². The maximum Gasteiger partial charge on any atom is -0.00723 e. The van der Waals surface area contributed by atoms with Gasteiger partial charge in [-0.15, -0.1) is 0 Å².